The van der Waals surface area contributed by atoms with Crippen LogP contribution >= 0.6 is 0 Å². The highest BCUT2D eigenvalue weighted by molar-refractivity contribution is 5.84. The molecule has 24 heavy (non-hydrogen) atoms. The molecule has 1 amide bonds. The van der Waals surface area contributed by atoms with E-state index in [0.29, 0.717) is 6.42 Å². The number of carbonyl (C=O) groups excluding carboxylic acids is 1. The molecule has 8 heteroatoms. The molecule has 1 saturated heterocycles. The van der Waals surface area contributed by atoms with E-state index in [2.05, 4.69) is 0 Å². The van der Waals surface area contributed by atoms with Crippen molar-refractivity contribution >= 4 is 11.9 Å². The summed E-state index contributed by atoms with van der Waals surface area (Å²) in [6.07, 6.45) is -5.19. The molecule has 0 bridgehead atoms. The van der Waals surface area contributed by atoms with Gasteiger partial charge in [0.25, 0.3) is 0 Å². The van der Waals surface area contributed by atoms with Gasteiger partial charge in [-0.05, 0) is 24.0 Å². The molecular weight excluding hydrogens is 327 g/mol. The maximum Gasteiger partial charge on any atom is 0.416 e. The fourth-order valence-electron chi connectivity index (χ4n) is 3.12. The number of hydrogen-bond donors (Lipinski definition) is 1. The van der Waals surface area contributed by atoms with Gasteiger partial charge in [0.05, 0.1) is 18.7 Å². The molecule has 1 saturated carbocycles. The van der Waals surface area contributed by atoms with E-state index in [1.165, 1.54) is 23.1 Å². The molecule has 1 N–H and O–H groups in total. The smallest absolute Gasteiger partial charge is 0.416 e. The number of aliphatic carboxylic acids is 1. The minimum Gasteiger partial charge on any atom is -0.479 e. The van der Waals surface area contributed by atoms with E-state index >= 15 is 0 Å². The Morgan fingerprint density at radius 2 is 1.96 bits per heavy atom. The van der Waals surface area contributed by atoms with Gasteiger partial charge in [-0.15, -0.1) is 0 Å². The number of halogens is 3. The third-order valence-electron chi connectivity index (χ3n) is 4.43. The SMILES string of the molecule is O=C(O)C1CN(C(=O)C2CC2c2ccccc2C(F)(F)F)CCO1. The normalized spacial score (nSPS) is 27.0. The topological polar surface area (TPSA) is 66.8 Å². The summed E-state index contributed by atoms with van der Waals surface area (Å²) in [6, 6.07) is 5.27. The van der Waals surface area contributed by atoms with E-state index in [9.17, 15) is 22.8 Å². The molecular formula is C16H16F3NO4. The van der Waals surface area contributed by atoms with E-state index in [-0.39, 0.29) is 31.2 Å². The first-order valence-electron chi connectivity index (χ1n) is 7.58. The summed E-state index contributed by atoms with van der Waals surface area (Å²) in [5.41, 5.74) is -0.581. The first-order valence-corrected chi connectivity index (χ1v) is 7.58. The van der Waals surface area contributed by atoms with Crippen molar-refractivity contribution < 1.29 is 32.6 Å². The van der Waals surface area contributed by atoms with Gasteiger partial charge in [-0.25, -0.2) is 4.79 Å². The molecule has 3 unspecified atom stereocenters. The molecule has 1 aromatic carbocycles. The Kier molecular flexibility index (Phi) is 4.25. The number of carboxylic acid groups (broad SMARTS) is 1. The molecule has 130 valence electrons. The maximum atomic E-state index is 13.1. The van der Waals surface area contributed by atoms with Crippen molar-refractivity contribution in [2.24, 2.45) is 5.92 Å². The van der Waals surface area contributed by atoms with Crippen LogP contribution in [0.1, 0.15) is 23.5 Å². The summed E-state index contributed by atoms with van der Waals surface area (Å²) in [6.45, 7) is 0.296. The van der Waals surface area contributed by atoms with Crippen LogP contribution in [0.25, 0.3) is 0 Å². The standard InChI is InChI=1S/C16H16F3NO4/c17-16(18,19)12-4-2-1-3-9(12)10-7-11(10)14(21)20-5-6-24-13(8-20)15(22)23/h1-4,10-11,13H,5-8H2,(H,22,23). The summed E-state index contributed by atoms with van der Waals surface area (Å²) in [5, 5.41) is 8.96. The lowest BCUT2D eigenvalue weighted by atomic mass is 10.0. The van der Waals surface area contributed by atoms with Gasteiger partial charge >= 0.3 is 12.1 Å². The van der Waals surface area contributed by atoms with Crippen LogP contribution < -0.4 is 0 Å². The quantitative estimate of drug-likeness (QED) is 0.913. The van der Waals surface area contributed by atoms with Gasteiger partial charge in [-0.1, -0.05) is 18.2 Å². The summed E-state index contributed by atoms with van der Waals surface area (Å²) in [7, 11) is 0. The maximum absolute atomic E-state index is 13.1. The van der Waals surface area contributed by atoms with Crippen LogP contribution in [0.5, 0.6) is 0 Å². The highest BCUT2D eigenvalue weighted by Gasteiger charge is 2.49. The molecule has 5 nitrogen and oxygen atoms in total. The highest BCUT2D eigenvalue weighted by atomic mass is 19.4. The van der Waals surface area contributed by atoms with Gasteiger partial charge in [0, 0.05) is 12.5 Å². The zero-order chi connectivity index (χ0) is 17.5. The molecule has 0 radical (unpaired) electrons. The fourth-order valence-corrected chi connectivity index (χ4v) is 3.12. The lowest BCUT2D eigenvalue weighted by molar-refractivity contribution is -0.159. The van der Waals surface area contributed by atoms with Crippen molar-refractivity contribution in [2.75, 3.05) is 19.7 Å². The van der Waals surface area contributed by atoms with Crippen molar-refractivity contribution in [2.45, 2.75) is 24.6 Å². The molecule has 0 aromatic heterocycles. The van der Waals surface area contributed by atoms with Crippen molar-refractivity contribution in [3.8, 4) is 0 Å². The van der Waals surface area contributed by atoms with Crippen LogP contribution in [-0.2, 0) is 20.5 Å². The molecule has 3 atom stereocenters. The van der Waals surface area contributed by atoms with Gasteiger partial charge in [0.1, 0.15) is 0 Å². The number of ether oxygens (including phenoxy) is 1. The molecule has 3 rings (SSSR count). The Labute approximate surface area is 136 Å². The van der Waals surface area contributed by atoms with Crippen LogP contribution in [0.3, 0.4) is 0 Å². The first-order chi connectivity index (χ1) is 11.3. The lowest BCUT2D eigenvalue weighted by Gasteiger charge is -2.31. The molecule has 2 aliphatic rings. The average Bonchev–Trinajstić information content (AvgIpc) is 3.34. The van der Waals surface area contributed by atoms with E-state index in [1.807, 2.05) is 0 Å². The van der Waals surface area contributed by atoms with Crippen molar-refractivity contribution in [3.05, 3.63) is 35.4 Å². The monoisotopic (exact) mass is 343 g/mol. The van der Waals surface area contributed by atoms with Crippen molar-refractivity contribution in [3.63, 3.8) is 0 Å². The molecule has 0 spiro atoms. The Bertz CT molecular complexity index is 661. The first kappa shape index (κ1) is 16.8. The number of carbonyl (C=O) groups is 2. The van der Waals surface area contributed by atoms with Gasteiger partial charge in [-0.3, -0.25) is 4.79 Å². The second-order valence-electron chi connectivity index (χ2n) is 6.02. The van der Waals surface area contributed by atoms with Gasteiger partial charge < -0.3 is 14.7 Å². The summed E-state index contributed by atoms with van der Waals surface area (Å²) < 4.78 is 44.3. The Morgan fingerprint density at radius 1 is 1.25 bits per heavy atom. The van der Waals surface area contributed by atoms with Gasteiger partial charge in [0.15, 0.2) is 6.10 Å². The molecule has 1 aliphatic heterocycles. The van der Waals surface area contributed by atoms with E-state index in [0.717, 1.165) is 6.07 Å². The number of nitrogens with zero attached hydrogens (tertiary/aromatic N) is 1. The average molecular weight is 343 g/mol. The highest BCUT2D eigenvalue weighted by Crippen LogP contribution is 2.51. The number of alkyl halides is 3. The number of amides is 1. The van der Waals surface area contributed by atoms with Crippen LogP contribution in [0.15, 0.2) is 24.3 Å². The van der Waals surface area contributed by atoms with E-state index < -0.39 is 35.6 Å². The van der Waals surface area contributed by atoms with Gasteiger partial charge in [0.2, 0.25) is 5.91 Å². The Morgan fingerprint density at radius 3 is 2.62 bits per heavy atom. The number of rotatable bonds is 3. The van der Waals surface area contributed by atoms with Crippen molar-refractivity contribution in [1.82, 2.24) is 4.90 Å². The van der Waals surface area contributed by atoms with Gasteiger partial charge in [-0.2, -0.15) is 13.2 Å². The lowest BCUT2D eigenvalue weighted by Crippen LogP contribution is -2.49. The number of morpholine rings is 1. The Hall–Kier alpha value is -2.09. The largest absolute Gasteiger partial charge is 0.479 e. The van der Waals surface area contributed by atoms with Crippen molar-refractivity contribution in [1.29, 1.82) is 0 Å². The Balaban J connectivity index is 1.72. The fraction of sp³-hybridized carbons (Fsp3) is 0.500. The summed E-state index contributed by atoms with van der Waals surface area (Å²) in [4.78, 5) is 24.8. The molecule has 1 aromatic rings. The predicted molar refractivity (Wildman–Crippen MR) is 76.2 cm³/mol. The summed E-state index contributed by atoms with van der Waals surface area (Å²) in [5.74, 6) is -2.45. The summed E-state index contributed by atoms with van der Waals surface area (Å²) >= 11 is 0. The second kappa shape index (κ2) is 6.08. The van der Waals surface area contributed by atoms with Crippen LogP contribution in [0.2, 0.25) is 0 Å². The predicted octanol–water partition coefficient (Wildman–Crippen LogP) is 2.12. The van der Waals surface area contributed by atoms with Crippen LogP contribution in [0, 0.1) is 5.92 Å². The number of benzene rings is 1. The van der Waals surface area contributed by atoms with E-state index in [1.54, 1.807) is 0 Å². The third kappa shape index (κ3) is 3.24. The minimum atomic E-state index is -4.46. The second-order valence-corrected chi connectivity index (χ2v) is 6.02. The number of hydrogen-bond acceptors (Lipinski definition) is 3. The molecule has 1 aliphatic carbocycles. The zero-order valence-electron chi connectivity index (χ0n) is 12.6. The molecule has 2 fully saturated rings. The van der Waals surface area contributed by atoms with E-state index in [4.69, 9.17) is 9.84 Å². The van der Waals surface area contributed by atoms with Crippen LogP contribution in [0.4, 0.5) is 13.2 Å². The zero-order valence-corrected chi connectivity index (χ0v) is 12.6. The number of carboxylic acids is 1. The molecule has 1 heterocycles. The minimum absolute atomic E-state index is 0.0711. The third-order valence-corrected chi connectivity index (χ3v) is 4.43. The van der Waals surface area contributed by atoms with Crippen LogP contribution in [-0.4, -0.2) is 47.7 Å².